The number of hydrogen-bond acceptors (Lipinski definition) is 4. The largest absolute Gasteiger partial charge is 0.467 e. The minimum atomic E-state index is -4.40. The van der Waals surface area contributed by atoms with Crippen LogP contribution in [0.25, 0.3) is 0 Å². The third kappa shape index (κ3) is 6.10. The van der Waals surface area contributed by atoms with Crippen molar-refractivity contribution < 1.29 is 32.2 Å². The average molecular weight is 243 g/mol. The molecule has 0 aromatic heterocycles. The van der Waals surface area contributed by atoms with Gasteiger partial charge < -0.3 is 14.8 Å². The highest BCUT2D eigenvalue weighted by Gasteiger charge is 2.31. The minimum Gasteiger partial charge on any atom is -0.467 e. The van der Waals surface area contributed by atoms with E-state index in [2.05, 4.69) is 9.47 Å². The van der Waals surface area contributed by atoms with Gasteiger partial charge in [-0.1, -0.05) is 0 Å². The first kappa shape index (κ1) is 14.5. The molecule has 0 spiro atoms. The van der Waals surface area contributed by atoms with Crippen LogP contribution < -0.4 is 5.32 Å². The SMILES string of the molecule is COC(=O)NC(CCC(F)(F)F)C(=O)OC. The molecule has 0 aromatic carbocycles. The van der Waals surface area contributed by atoms with E-state index in [9.17, 15) is 22.8 Å². The number of ether oxygens (including phenoxy) is 2. The second-order valence-corrected chi connectivity index (χ2v) is 2.87. The number of hydrogen-bond donors (Lipinski definition) is 1. The molecule has 0 heterocycles. The highest BCUT2D eigenvalue weighted by atomic mass is 19.4. The Kier molecular flexibility index (Phi) is 5.62. The summed E-state index contributed by atoms with van der Waals surface area (Å²) >= 11 is 0. The molecule has 1 amide bonds. The van der Waals surface area contributed by atoms with Crippen LogP contribution in [-0.4, -0.2) is 38.5 Å². The number of amides is 1. The molecule has 0 aliphatic rings. The van der Waals surface area contributed by atoms with Gasteiger partial charge in [-0.2, -0.15) is 13.2 Å². The Balaban J connectivity index is 4.33. The minimum absolute atomic E-state index is 0.592. The molecule has 1 atom stereocenters. The van der Waals surface area contributed by atoms with E-state index in [1.165, 1.54) is 0 Å². The summed E-state index contributed by atoms with van der Waals surface area (Å²) < 4.78 is 44.1. The van der Waals surface area contributed by atoms with Gasteiger partial charge in [0.05, 0.1) is 14.2 Å². The average Bonchev–Trinajstić information content (AvgIpc) is 2.21. The predicted octanol–water partition coefficient (Wildman–Crippen LogP) is 1.23. The van der Waals surface area contributed by atoms with Crippen molar-refractivity contribution in [3.8, 4) is 0 Å². The van der Waals surface area contributed by atoms with Crippen molar-refractivity contribution in [3.63, 3.8) is 0 Å². The summed E-state index contributed by atoms with van der Waals surface area (Å²) in [6.45, 7) is 0. The van der Waals surface area contributed by atoms with Gasteiger partial charge in [0.1, 0.15) is 6.04 Å². The van der Waals surface area contributed by atoms with Crippen molar-refractivity contribution in [3.05, 3.63) is 0 Å². The predicted molar refractivity (Wildman–Crippen MR) is 46.6 cm³/mol. The van der Waals surface area contributed by atoms with Gasteiger partial charge >= 0.3 is 18.2 Å². The van der Waals surface area contributed by atoms with Crippen molar-refractivity contribution in [2.45, 2.75) is 25.1 Å². The molecule has 0 saturated carbocycles. The Labute approximate surface area is 89.9 Å². The number of alkyl halides is 3. The van der Waals surface area contributed by atoms with Crippen LogP contribution >= 0.6 is 0 Å². The van der Waals surface area contributed by atoms with Crippen molar-refractivity contribution in [1.82, 2.24) is 5.32 Å². The zero-order chi connectivity index (χ0) is 12.8. The van der Waals surface area contributed by atoms with Crippen LogP contribution in [0, 0.1) is 0 Å². The lowest BCUT2D eigenvalue weighted by molar-refractivity contribution is -0.148. The van der Waals surface area contributed by atoms with Crippen LogP contribution in [0.15, 0.2) is 0 Å². The molecule has 0 aromatic rings. The summed E-state index contributed by atoms with van der Waals surface area (Å²) in [7, 11) is 2.05. The highest BCUT2D eigenvalue weighted by molar-refractivity contribution is 5.81. The number of rotatable bonds is 4. The van der Waals surface area contributed by atoms with Gasteiger partial charge in [-0.25, -0.2) is 9.59 Å². The Hall–Kier alpha value is -1.47. The Morgan fingerprint density at radius 1 is 1.25 bits per heavy atom. The molecule has 94 valence electrons. The fourth-order valence-corrected chi connectivity index (χ4v) is 0.900. The third-order valence-electron chi connectivity index (χ3n) is 1.68. The number of carbonyl (C=O) groups excluding carboxylic acids is 2. The summed E-state index contributed by atoms with van der Waals surface area (Å²) in [4.78, 5) is 21.8. The standard InChI is InChI=1S/C8H12F3NO4/c1-15-6(13)5(12-7(14)16-2)3-4-8(9,10)11/h5H,3-4H2,1-2H3,(H,12,14). The summed E-state index contributed by atoms with van der Waals surface area (Å²) in [6.07, 6.45) is -7.18. The van der Waals surface area contributed by atoms with E-state index in [-0.39, 0.29) is 0 Å². The molecule has 5 nitrogen and oxygen atoms in total. The zero-order valence-corrected chi connectivity index (χ0v) is 8.76. The monoisotopic (exact) mass is 243 g/mol. The van der Waals surface area contributed by atoms with Gasteiger partial charge in [-0.05, 0) is 6.42 Å². The second-order valence-electron chi connectivity index (χ2n) is 2.87. The molecule has 16 heavy (non-hydrogen) atoms. The molecule has 1 N–H and O–H groups in total. The van der Waals surface area contributed by atoms with Gasteiger partial charge in [0.15, 0.2) is 0 Å². The topological polar surface area (TPSA) is 64.6 Å². The molecule has 0 bridgehead atoms. The van der Waals surface area contributed by atoms with Crippen LogP contribution in [0.1, 0.15) is 12.8 Å². The van der Waals surface area contributed by atoms with Crippen LogP contribution in [0.3, 0.4) is 0 Å². The lowest BCUT2D eigenvalue weighted by atomic mass is 10.1. The summed E-state index contributed by atoms with van der Waals surface area (Å²) in [5.74, 6) is -0.949. The maximum absolute atomic E-state index is 11.9. The fourth-order valence-electron chi connectivity index (χ4n) is 0.900. The van der Waals surface area contributed by atoms with Gasteiger partial charge in [0.2, 0.25) is 0 Å². The maximum Gasteiger partial charge on any atom is 0.407 e. The van der Waals surface area contributed by atoms with Gasteiger partial charge in [-0.3, -0.25) is 0 Å². The summed E-state index contributed by atoms with van der Waals surface area (Å²) in [6, 6.07) is -1.36. The highest BCUT2D eigenvalue weighted by Crippen LogP contribution is 2.22. The van der Waals surface area contributed by atoms with E-state index in [0.29, 0.717) is 0 Å². The van der Waals surface area contributed by atoms with Crippen molar-refractivity contribution in [2.24, 2.45) is 0 Å². The molecule has 8 heteroatoms. The molecular weight excluding hydrogens is 231 g/mol. The summed E-state index contributed by atoms with van der Waals surface area (Å²) in [5, 5.41) is 1.95. The number of halogens is 3. The van der Waals surface area contributed by atoms with E-state index >= 15 is 0 Å². The number of alkyl carbamates (subject to hydrolysis) is 1. The first-order valence-corrected chi connectivity index (χ1v) is 4.29. The van der Waals surface area contributed by atoms with Gasteiger partial charge in [-0.15, -0.1) is 0 Å². The van der Waals surface area contributed by atoms with E-state index in [4.69, 9.17) is 0 Å². The number of nitrogens with one attached hydrogen (secondary N) is 1. The van der Waals surface area contributed by atoms with E-state index < -0.39 is 37.1 Å². The van der Waals surface area contributed by atoms with Gasteiger partial charge in [0.25, 0.3) is 0 Å². The van der Waals surface area contributed by atoms with Crippen LogP contribution in [0.4, 0.5) is 18.0 Å². The molecule has 0 fully saturated rings. The molecular formula is C8H12F3NO4. The Morgan fingerprint density at radius 3 is 2.19 bits per heavy atom. The zero-order valence-electron chi connectivity index (χ0n) is 8.76. The van der Waals surface area contributed by atoms with Crippen LogP contribution in [0.2, 0.25) is 0 Å². The summed E-state index contributed by atoms with van der Waals surface area (Å²) in [5.41, 5.74) is 0. The molecule has 0 radical (unpaired) electrons. The number of esters is 1. The van der Waals surface area contributed by atoms with E-state index in [1.807, 2.05) is 5.32 Å². The first-order valence-electron chi connectivity index (χ1n) is 4.29. The second kappa shape index (κ2) is 6.19. The fraction of sp³-hybridized carbons (Fsp3) is 0.750. The van der Waals surface area contributed by atoms with Crippen molar-refractivity contribution in [1.29, 1.82) is 0 Å². The molecule has 0 saturated heterocycles. The normalized spacial score (nSPS) is 12.8. The molecule has 0 rings (SSSR count). The van der Waals surface area contributed by atoms with Gasteiger partial charge in [0, 0.05) is 6.42 Å². The lowest BCUT2D eigenvalue weighted by Crippen LogP contribution is -2.42. The maximum atomic E-state index is 11.9. The number of methoxy groups -OCH3 is 2. The van der Waals surface area contributed by atoms with Crippen molar-refractivity contribution in [2.75, 3.05) is 14.2 Å². The quantitative estimate of drug-likeness (QED) is 0.754. The molecule has 0 aliphatic heterocycles. The van der Waals surface area contributed by atoms with E-state index in [0.717, 1.165) is 14.2 Å². The molecule has 0 aliphatic carbocycles. The van der Waals surface area contributed by atoms with Crippen molar-refractivity contribution >= 4 is 12.1 Å². The Morgan fingerprint density at radius 2 is 1.81 bits per heavy atom. The smallest absolute Gasteiger partial charge is 0.407 e. The lowest BCUT2D eigenvalue weighted by Gasteiger charge is -2.16. The van der Waals surface area contributed by atoms with Crippen LogP contribution in [-0.2, 0) is 14.3 Å². The first-order chi connectivity index (χ1) is 7.30. The van der Waals surface area contributed by atoms with E-state index in [1.54, 1.807) is 0 Å². The number of carbonyl (C=O) groups is 2. The van der Waals surface area contributed by atoms with Crippen LogP contribution in [0.5, 0.6) is 0 Å². The third-order valence-corrected chi connectivity index (χ3v) is 1.68. The Bertz CT molecular complexity index is 254. The molecule has 1 unspecified atom stereocenters.